The van der Waals surface area contributed by atoms with Crippen molar-refractivity contribution in [3.63, 3.8) is 0 Å². The Labute approximate surface area is 87.2 Å². The number of rotatable bonds is 7. The molecule has 0 aromatic carbocycles. The molecule has 0 aliphatic carbocycles. The summed E-state index contributed by atoms with van der Waals surface area (Å²) < 4.78 is 10.7. The third-order valence-corrected chi connectivity index (χ3v) is 2.94. The Morgan fingerprint density at radius 2 is 2.36 bits per heavy atom. The Kier molecular flexibility index (Phi) is 6.15. The topological polar surface area (TPSA) is 30.5 Å². The van der Waals surface area contributed by atoms with Crippen molar-refractivity contribution in [1.82, 2.24) is 5.32 Å². The minimum atomic E-state index is 0.522. The van der Waals surface area contributed by atoms with E-state index in [-0.39, 0.29) is 0 Å². The molecule has 1 aliphatic heterocycles. The van der Waals surface area contributed by atoms with Gasteiger partial charge in [-0.25, -0.2) is 0 Å². The van der Waals surface area contributed by atoms with Crippen molar-refractivity contribution in [2.45, 2.75) is 44.2 Å². The van der Waals surface area contributed by atoms with E-state index in [2.05, 4.69) is 5.32 Å². The summed E-state index contributed by atoms with van der Waals surface area (Å²) in [6.07, 6.45) is 6.50. The van der Waals surface area contributed by atoms with Crippen LogP contribution in [0.5, 0.6) is 0 Å². The lowest BCUT2D eigenvalue weighted by Crippen LogP contribution is -2.27. The molecule has 84 valence electrons. The van der Waals surface area contributed by atoms with Gasteiger partial charge >= 0.3 is 0 Å². The number of methoxy groups -OCH3 is 1. The van der Waals surface area contributed by atoms with Crippen LogP contribution in [-0.4, -0.2) is 39.5 Å². The standard InChI is InChI=1S/C11H23NO2/c1-12-10(7-9-13-2)5-6-11-4-3-8-14-11/h10-12H,3-9H2,1-2H3. The van der Waals surface area contributed by atoms with Crippen LogP contribution in [-0.2, 0) is 9.47 Å². The second-order valence-electron chi connectivity index (χ2n) is 3.98. The molecule has 2 unspecified atom stereocenters. The molecule has 0 aromatic heterocycles. The molecular weight excluding hydrogens is 178 g/mol. The largest absolute Gasteiger partial charge is 0.385 e. The summed E-state index contributed by atoms with van der Waals surface area (Å²) in [7, 11) is 3.78. The van der Waals surface area contributed by atoms with Crippen LogP contribution in [0.1, 0.15) is 32.1 Å². The molecule has 3 heteroatoms. The van der Waals surface area contributed by atoms with E-state index in [0.717, 1.165) is 19.6 Å². The first-order chi connectivity index (χ1) is 6.86. The predicted octanol–water partition coefficient (Wildman–Crippen LogP) is 1.57. The molecule has 1 saturated heterocycles. The van der Waals surface area contributed by atoms with Gasteiger partial charge in [0.25, 0.3) is 0 Å². The highest BCUT2D eigenvalue weighted by atomic mass is 16.5. The first kappa shape index (κ1) is 12.0. The van der Waals surface area contributed by atoms with Crippen LogP contribution in [0, 0.1) is 0 Å². The second kappa shape index (κ2) is 7.21. The molecule has 1 heterocycles. The molecule has 3 nitrogen and oxygen atoms in total. The zero-order valence-electron chi connectivity index (χ0n) is 9.42. The molecule has 0 radical (unpaired) electrons. The van der Waals surface area contributed by atoms with Crippen molar-refractivity contribution in [3.05, 3.63) is 0 Å². The maximum Gasteiger partial charge on any atom is 0.0576 e. The van der Waals surface area contributed by atoms with E-state index in [4.69, 9.17) is 9.47 Å². The Morgan fingerprint density at radius 3 is 2.93 bits per heavy atom. The van der Waals surface area contributed by atoms with Crippen LogP contribution in [0.3, 0.4) is 0 Å². The van der Waals surface area contributed by atoms with Crippen molar-refractivity contribution in [1.29, 1.82) is 0 Å². The lowest BCUT2D eigenvalue weighted by molar-refractivity contribution is 0.0977. The minimum Gasteiger partial charge on any atom is -0.385 e. The van der Waals surface area contributed by atoms with Gasteiger partial charge in [-0.1, -0.05) is 0 Å². The van der Waals surface area contributed by atoms with Gasteiger partial charge in [-0.2, -0.15) is 0 Å². The third-order valence-electron chi connectivity index (χ3n) is 2.94. The summed E-state index contributed by atoms with van der Waals surface area (Å²) in [5.41, 5.74) is 0. The van der Waals surface area contributed by atoms with Crippen molar-refractivity contribution >= 4 is 0 Å². The molecule has 1 fully saturated rings. The van der Waals surface area contributed by atoms with Gasteiger partial charge in [0.1, 0.15) is 0 Å². The maximum atomic E-state index is 5.59. The van der Waals surface area contributed by atoms with E-state index >= 15 is 0 Å². The molecule has 0 aromatic rings. The molecule has 1 rings (SSSR count). The summed E-state index contributed by atoms with van der Waals surface area (Å²) in [6, 6.07) is 0.583. The van der Waals surface area contributed by atoms with Gasteiger partial charge < -0.3 is 14.8 Å². The zero-order chi connectivity index (χ0) is 10.2. The van der Waals surface area contributed by atoms with Crippen molar-refractivity contribution in [2.75, 3.05) is 27.4 Å². The molecule has 1 N–H and O–H groups in total. The van der Waals surface area contributed by atoms with Crippen LogP contribution < -0.4 is 5.32 Å². The fourth-order valence-corrected chi connectivity index (χ4v) is 1.95. The third kappa shape index (κ3) is 4.40. The van der Waals surface area contributed by atoms with Crippen LogP contribution in [0.15, 0.2) is 0 Å². The highest BCUT2D eigenvalue weighted by molar-refractivity contribution is 4.70. The van der Waals surface area contributed by atoms with Gasteiger partial charge in [-0.3, -0.25) is 0 Å². The summed E-state index contributed by atoms with van der Waals surface area (Å²) in [6.45, 7) is 1.81. The lowest BCUT2D eigenvalue weighted by atomic mass is 10.0. The number of hydrogen-bond acceptors (Lipinski definition) is 3. The Balaban J connectivity index is 2.06. The molecule has 0 spiro atoms. The second-order valence-corrected chi connectivity index (χ2v) is 3.98. The Morgan fingerprint density at radius 1 is 1.50 bits per heavy atom. The highest BCUT2D eigenvalue weighted by Crippen LogP contribution is 2.18. The predicted molar refractivity (Wildman–Crippen MR) is 57.5 cm³/mol. The van der Waals surface area contributed by atoms with Crippen LogP contribution in [0.25, 0.3) is 0 Å². The molecule has 0 bridgehead atoms. The van der Waals surface area contributed by atoms with Crippen molar-refractivity contribution < 1.29 is 9.47 Å². The van der Waals surface area contributed by atoms with E-state index in [1.807, 2.05) is 7.05 Å². The van der Waals surface area contributed by atoms with Crippen molar-refractivity contribution in [3.8, 4) is 0 Å². The number of nitrogens with one attached hydrogen (secondary N) is 1. The Hall–Kier alpha value is -0.120. The molecule has 0 amide bonds. The van der Waals surface area contributed by atoms with E-state index < -0.39 is 0 Å². The Bertz CT molecular complexity index is 135. The van der Waals surface area contributed by atoms with E-state index in [0.29, 0.717) is 12.1 Å². The van der Waals surface area contributed by atoms with Crippen LogP contribution >= 0.6 is 0 Å². The monoisotopic (exact) mass is 201 g/mol. The fraction of sp³-hybridized carbons (Fsp3) is 1.00. The summed E-state index contributed by atoms with van der Waals surface area (Å²) in [5.74, 6) is 0. The average molecular weight is 201 g/mol. The minimum absolute atomic E-state index is 0.522. The molecule has 2 atom stereocenters. The summed E-state index contributed by atoms with van der Waals surface area (Å²) in [4.78, 5) is 0. The SMILES string of the molecule is CNC(CCOC)CCC1CCCO1. The van der Waals surface area contributed by atoms with Gasteiger partial charge in [0, 0.05) is 26.4 Å². The number of hydrogen-bond donors (Lipinski definition) is 1. The normalized spacial score (nSPS) is 24.0. The first-order valence-corrected chi connectivity index (χ1v) is 5.64. The zero-order valence-corrected chi connectivity index (χ0v) is 9.42. The number of ether oxygens (including phenoxy) is 2. The van der Waals surface area contributed by atoms with Gasteiger partial charge in [-0.05, 0) is 39.2 Å². The molecular formula is C11H23NO2. The van der Waals surface area contributed by atoms with Crippen molar-refractivity contribution in [2.24, 2.45) is 0 Å². The lowest BCUT2D eigenvalue weighted by Gasteiger charge is -2.17. The first-order valence-electron chi connectivity index (χ1n) is 5.64. The maximum absolute atomic E-state index is 5.59. The van der Waals surface area contributed by atoms with Gasteiger partial charge in [0.05, 0.1) is 6.10 Å². The van der Waals surface area contributed by atoms with E-state index in [1.165, 1.54) is 25.7 Å². The van der Waals surface area contributed by atoms with E-state index in [1.54, 1.807) is 7.11 Å². The summed E-state index contributed by atoms with van der Waals surface area (Å²) in [5, 5.41) is 3.33. The van der Waals surface area contributed by atoms with Gasteiger partial charge in [0.2, 0.25) is 0 Å². The van der Waals surface area contributed by atoms with Gasteiger partial charge in [-0.15, -0.1) is 0 Å². The molecule has 0 saturated carbocycles. The van der Waals surface area contributed by atoms with Crippen LogP contribution in [0.2, 0.25) is 0 Å². The molecule has 1 aliphatic rings. The summed E-state index contributed by atoms with van der Waals surface area (Å²) >= 11 is 0. The average Bonchev–Trinajstić information content (AvgIpc) is 2.71. The fourth-order valence-electron chi connectivity index (χ4n) is 1.95. The smallest absolute Gasteiger partial charge is 0.0576 e. The quantitative estimate of drug-likeness (QED) is 0.678. The highest BCUT2D eigenvalue weighted by Gasteiger charge is 2.16. The molecule has 14 heavy (non-hydrogen) atoms. The van der Waals surface area contributed by atoms with E-state index in [9.17, 15) is 0 Å². The van der Waals surface area contributed by atoms with Crippen LogP contribution in [0.4, 0.5) is 0 Å². The van der Waals surface area contributed by atoms with Gasteiger partial charge in [0.15, 0.2) is 0 Å².